The molecule has 0 spiro atoms. The molecule has 0 saturated carbocycles. The molecule has 0 aliphatic heterocycles. The summed E-state index contributed by atoms with van der Waals surface area (Å²) in [4.78, 5) is 26.6. The molecule has 7 heteroatoms. The highest BCUT2D eigenvalue weighted by molar-refractivity contribution is 5.94. The number of nitrogens with zero attached hydrogens (tertiary/aromatic N) is 3. The number of fused-ring (bicyclic) bond motifs is 1. The number of carbonyl (C=O) groups excluding carboxylic acids is 1. The van der Waals surface area contributed by atoms with Crippen LogP contribution in [0.5, 0.6) is 0 Å². The molecule has 2 aromatic heterocycles. The number of benzene rings is 1. The minimum Gasteiger partial charge on any atom is -0.342 e. The molecule has 118 valence electrons. The molecule has 7 nitrogen and oxygen atoms in total. The van der Waals surface area contributed by atoms with Gasteiger partial charge in [-0.25, -0.2) is 0 Å². The molecule has 0 radical (unpaired) electrons. The zero-order chi connectivity index (χ0) is 16.6. The summed E-state index contributed by atoms with van der Waals surface area (Å²) in [5.41, 5.74) is 2.54. The van der Waals surface area contributed by atoms with Gasteiger partial charge in [0.2, 0.25) is 5.65 Å². The van der Waals surface area contributed by atoms with Gasteiger partial charge in [-0.1, -0.05) is 17.2 Å². The van der Waals surface area contributed by atoms with Crippen LogP contribution in [0.4, 0.5) is 0 Å². The third kappa shape index (κ3) is 2.85. The maximum Gasteiger partial charge on any atom is 0.293 e. The summed E-state index contributed by atoms with van der Waals surface area (Å²) in [6, 6.07) is 5.29. The number of nitrogens with one attached hydrogen (secondary N) is 2. The highest BCUT2D eigenvalue weighted by Gasteiger charge is 2.18. The fourth-order valence-corrected chi connectivity index (χ4v) is 2.60. The van der Waals surface area contributed by atoms with Gasteiger partial charge in [-0.15, -0.1) is 10.2 Å². The Balaban J connectivity index is 1.88. The first kappa shape index (κ1) is 15.0. The maximum absolute atomic E-state index is 12.4. The van der Waals surface area contributed by atoms with Gasteiger partial charge in [-0.2, -0.15) is 0 Å². The van der Waals surface area contributed by atoms with Gasteiger partial charge in [0.05, 0.1) is 6.04 Å². The molecular formula is C16H17N5O2. The van der Waals surface area contributed by atoms with Crippen LogP contribution in [0.25, 0.3) is 5.65 Å². The molecule has 1 atom stereocenters. The fraction of sp³-hybridized carbons (Fsp3) is 0.250. The van der Waals surface area contributed by atoms with Gasteiger partial charge in [-0.3, -0.25) is 14.0 Å². The molecule has 0 unspecified atom stereocenters. The van der Waals surface area contributed by atoms with Crippen molar-refractivity contribution >= 4 is 11.6 Å². The van der Waals surface area contributed by atoms with Crippen LogP contribution in [0.2, 0.25) is 0 Å². The lowest BCUT2D eigenvalue weighted by Gasteiger charge is -2.13. The minimum atomic E-state index is -0.389. The molecule has 3 aromatic rings. The standard InChI is InChI=1S/C16H17N5O2/c1-9-6-10(2)8-12(7-9)15(22)18-11(3)13-19-20-14-16(23)17-4-5-21(13)14/h4-8,11H,1-3H3,(H,17,23)(H,18,22)/t11-/m0/s1. The Morgan fingerprint density at radius 3 is 2.61 bits per heavy atom. The molecule has 0 saturated heterocycles. The Morgan fingerprint density at radius 2 is 1.91 bits per heavy atom. The molecule has 23 heavy (non-hydrogen) atoms. The average Bonchev–Trinajstić information content (AvgIpc) is 2.91. The van der Waals surface area contributed by atoms with E-state index in [1.165, 1.54) is 6.20 Å². The van der Waals surface area contributed by atoms with E-state index >= 15 is 0 Å². The number of H-pyrrole nitrogens is 1. The van der Waals surface area contributed by atoms with Crippen LogP contribution >= 0.6 is 0 Å². The van der Waals surface area contributed by atoms with Crippen LogP contribution < -0.4 is 10.9 Å². The van der Waals surface area contributed by atoms with E-state index in [9.17, 15) is 9.59 Å². The van der Waals surface area contributed by atoms with Crippen LogP contribution in [-0.4, -0.2) is 25.5 Å². The largest absolute Gasteiger partial charge is 0.342 e. The van der Waals surface area contributed by atoms with E-state index < -0.39 is 0 Å². The Hall–Kier alpha value is -2.96. The Morgan fingerprint density at radius 1 is 1.22 bits per heavy atom. The molecule has 0 fully saturated rings. The molecule has 2 heterocycles. The predicted octanol–water partition coefficient (Wildman–Crippen LogP) is 1.53. The van der Waals surface area contributed by atoms with Crippen molar-refractivity contribution in [2.24, 2.45) is 0 Å². The quantitative estimate of drug-likeness (QED) is 0.767. The number of aryl methyl sites for hydroxylation is 2. The highest BCUT2D eigenvalue weighted by Crippen LogP contribution is 2.13. The smallest absolute Gasteiger partial charge is 0.293 e. The highest BCUT2D eigenvalue weighted by atomic mass is 16.1. The predicted molar refractivity (Wildman–Crippen MR) is 85.4 cm³/mol. The second-order valence-electron chi connectivity index (χ2n) is 5.61. The molecule has 1 aromatic carbocycles. The van der Waals surface area contributed by atoms with Crippen LogP contribution in [0, 0.1) is 13.8 Å². The van der Waals surface area contributed by atoms with Crippen LogP contribution in [0.1, 0.15) is 40.3 Å². The number of amides is 1. The van der Waals surface area contributed by atoms with Crippen molar-refractivity contribution in [2.45, 2.75) is 26.8 Å². The first-order valence-corrected chi connectivity index (χ1v) is 7.27. The summed E-state index contributed by atoms with van der Waals surface area (Å²) in [7, 11) is 0. The van der Waals surface area contributed by atoms with Gasteiger partial charge in [-0.05, 0) is 32.9 Å². The zero-order valence-electron chi connectivity index (χ0n) is 13.1. The van der Waals surface area contributed by atoms with Gasteiger partial charge in [0.1, 0.15) is 0 Å². The molecule has 1 amide bonds. The first-order chi connectivity index (χ1) is 11.0. The Bertz CT molecular complexity index is 921. The van der Waals surface area contributed by atoms with Crippen molar-refractivity contribution in [2.75, 3.05) is 0 Å². The second kappa shape index (κ2) is 5.68. The number of hydrogen-bond acceptors (Lipinski definition) is 4. The van der Waals surface area contributed by atoms with Gasteiger partial charge in [0.25, 0.3) is 11.5 Å². The van der Waals surface area contributed by atoms with Crippen molar-refractivity contribution in [3.63, 3.8) is 0 Å². The third-order valence-corrected chi connectivity index (χ3v) is 3.58. The van der Waals surface area contributed by atoms with Crippen molar-refractivity contribution in [1.29, 1.82) is 0 Å². The van der Waals surface area contributed by atoms with Crippen molar-refractivity contribution in [3.8, 4) is 0 Å². The zero-order valence-corrected chi connectivity index (χ0v) is 13.1. The number of hydrogen-bond donors (Lipinski definition) is 2. The number of aromatic nitrogens is 4. The molecule has 0 aliphatic carbocycles. The fourth-order valence-electron chi connectivity index (χ4n) is 2.60. The number of carbonyl (C=O) groups is 1. The van der Waals surface area contributed by atoms with Crippen molar-refractivity contribution in [1.82, 2.24) is 24.9 Å². The number of aromatic amines is 1. The molecule has 0 bridgehead atoms. The van der Waals surface area contributed by atoms with Gasteiger partial charge in [0.15, 0.2) is 5.82 Å². The van der Waals surface area contributed by atoms with Crippen molar-refractivity contribution in [3.05, 3.63) is 63.5 Å². The lowest BCUT2D eigenvalue weighted by Crippen LogP contribution is -2.28. The second-order valence-corrected chi connectivity index (χ2v) is 5.61. The van der Waals surface area contributed by atoms with E-state index in [2.05, 4.69) is 20.5 Å². The van der Waals surface area contributed by atoms with Gasteiger partial charge >= 0.3 is 0 Å². The normalized spacial score (nSPS) is 12.3. The third-order valence-electron chi connectivity index (χ3n) is 3.58. The van der Waals surface area contributed by atoms with Crippen molar-refractivity contribution < 1.29 is 4.79 Å². The molecular weight excluding hydrogens is 294 g/mol. The maximum atomic E-state index is 12.4. The molecule has 3 rings (SSSR count). The van der Waals surface area contributed by atoms with E-state index in [-0.39, 0.29) is 23.2 Å². The van der Waals surface area contributed by atoms with Crippen LogP contribution in [-0.2, 0) is 0 Å². The van der Waals surface area contributed by atoms with E-state index in [4.69, 9.17) is 0 Å². The summed E-state index contributed by atoms with van der Waals surface area (Å²) in [5.74, 6) is 0.315. The summed E-state index contributed by atoms with van der Waals surface area (Å²) < 4.78 is 1.57. The Labute approximate surface area is 132 Å². The van der Waals surface area contributed by atoms with E-state index in [0.717, 1.165) is 11.1 Å². The monoisotopic (exact) mass is 311 g/mol. The Kier molecular flexibility index (Phi) is 3.69. The summed E-state index contributed by atoms with van der Waals surface area (Å²) in [6.45, 7) is 5.70. The summed E-state index contributed by atoms with van der Waals surface area (Å²) in [6.07, 6.45) is 3.17. The topological polar surface area (TPSA) is 92.2 Å². The first-order valence-electron chi connectivity index (χ1n) is 7.27. The van der Waals surface area contributed by atoms with E-state index in [1.807, 2.05) is 32.0 Å². The number of rotatable bonds is 3. The summed E-state index contributed by atoms with van der Waals surface area (Å²) >= 11 is 0. The summed E-state index contributed by atoms with van der Waals surface area (Å²) in [5, 5.41) is 10.8. The average molecular weight is 311 g/mol. The van der Waals surface area contributed by atoms with Crippen LogP contribution in [0.3, 0.4) is 0 Å². The van der Waals surface area contributed by atoms with Gasteiger partial charge in [0, 0.05) is 18.0 Å². The van der Waals surface area contributed by atoms with E-state index in [0.29, 0.717) is 11.4 Å². The van der Waals surface area contributed by atoms with E-state index in [1.54, 1.807) is 17.5 Å². The van der Waals surface area contributed by atoms with Crippen LogP contribution in [0.15, 0.2) is 35.4 Å². The van der Waals surface area contributed by atoms with Gasteiger partial charge < -0.3 is 10.3 Å². The minimum absolute atomic E-state index is 0.189. The lowest BCUT2D eigenvalue weighted by atomic mass is 10.1. The SMILES string of the molecule is Cc1cc(C)cc(C(=O)N[C@@H](C)c2nnc3c(=O)[nH]ccn23)c1. The molecule has 2 N–H and O–H groups in total. The molecule has 0 aliphatic rings. The lowest BCUT2D eigenvalue weighted by molar-refractivity contribution is 0.0938.